The van der Waals surface area contributed by atoms with Gasteiger partial charge < -0.3 is 20.1 Å². The van der Waals surface area contributed by atoms with E-state index in [2.05, 4.69) is 17.6 Å². The first-order valence-corrected chi connectivity index (χ1v) is 9.00. The van der Waals surface area contributed by atoms with Crippen molar-refractivity contribution in [3.8, 4) is 11.5 Å². The average molecular weight is 338 g/mol. The summed E-state index contributed by atoms with van der Waals surface area (Å²) in [6.07, 6.45) is 2.70. The number of ether oxygens (including phenoxy) is 2. The molecule has 2 N–H and O–H groups in total. The fraction of sp³-hybridized carbons (Fsp3) is 0.588. The van der Waals surface area contributed by atoms with Crippen molar-refractivity contribution in [3.05, 3.63) is 18.2 Å². The lowest BCUT2D eigenvalue weighted by Crippen LogP contribution is -2.51. The third-order valence-electron chi connectivity index (χ3n) is 4.06. The summed E-state index contributed by atoms with van der Waals surface area (Å²) in [6.45, 7) is 3.17. The van der Waals surface area contributed by atoms with E-state index in [4.69, 9.17) is 9.47 Å². The van der Waals surface area contributed by atoms with E-state index >= 15 is 0 Å². The van der Waals surface area contributed by atoms with Gasteiger partial charge in [-0.3, -0.25) is 4.79 Å². The highest BCUT2D eigenvalue weighted by atomic mass is 32.2. The standard InChI is InChI=1S/C17H26N2O3S/c1-12-14(5-4-9-18-12)19-17(20)8-10-23-13-6-7-15(21-2)16(11-13)22-3/h6-7,11-12,14,18H,4-5,8-10H2,1-3H3,(H,19,20). The van der Waals surface area contributed by atoms with Gasteiger partial charge in [-0.15, -0.1) is 11.8 Å². The molecule has 0 bridgehead atoms. The molecular formula is C17H26N2O3S. The van der Waals surface area contributed by atoms with E-state index < -0.39 is 0 Å². The Morgan fingerprint density at radius 2 is 2.13 bits per heavy atom. The van der Waals surface area contributed by atoms with Crippen molar-refractivity contribution in [2.45, 2.75) is 43.2 Å². The van der Waals surface area contributed by atoms with Crippen LogP contribution in [-0.4, -0.2) is 44.5 Å². The summed E-state index contributed by atoms with van der Waals surface area (Å²) < 4.78 is 10.5. The van der Waals surface area contributed by atoms with Crippen LogP contribution in [0.3, 0.4) is 0 Å². The summed E-state index contributed by atoms with van der Waals surface area (Å²) in [4.78, 5) is 13.1. The van der Waals surface area contributed by atoms with Gasteiger partial charge in [-0.05, 0) is 44.5 Å². The predicted molar refractivity (Wildman–Crippen MR) is 93.5 cm³/mol. The normalized spacial score (nSPS) is 20.8. The molecule has 128 valence electrons. The zero-order chi connectivity index (χ0) is 16.7. The molecule has 0 aliphatic carbocycles. The quantitative estimate of drug-likeness (QED) is 0.748. The molecule has 0 radical (unpaired) electrons. The molecule has 6 heteroatoms. The molecule has 2 unspecified atom stereocenters. The molecule has 1 aromatic carbocycles. The second-order valence-corrected chi connectivity index (χ2v) is 6.84. The number of amides is 1. The predicted octanol–water partition coefficient (Wildman–Crippen LogP) is 2.44. The second-order valence-electron chi connectivity index (χ2n) is 5.67. The number of carbonyl (C=O) groups is 1. The zero-order valence-corrected chi connectivity index (χ0v) is 14.9. The van der Waals surface area contributed by atoms with Crippen molar-refractivity contribution in [3.63, 3.8) is 0 Å². The lowest BCUT2D eigenvalue weighted by Gasteiger charge is -2.30. The maximum absolute atomic E-state index is 12.1. The minimum atomic E-state index is 0.124. The third-order valence-corrected chi connectivity index (χ3v) is 5.06. The van der Waals surface area contributed by atoms with Crippen LogP contribution in [-0.2, 0) is 4.79 Å². The molecular weight excluding hydrogens is 312 g/mol. The molecule has 0 saturated carbocycles. The first-order valence-electron chi connectivity index (χ1n) is 8.01. The van der Waals surface area contributed by atoms with Crippen LogP contribution in [0.1, 0.15) is 26.2 Å². The number of piperidine rings is 1. The van der Waals surface area contributed by atoms with E-state index in [0.29, 0.717) is 24.0 Å². The molecule has 2 rings (SSSR count). The topological polar surface area (TPSA) is 59.6 Å². The van der Waals surface area contributed by atoms with Crippen molar-refractivity contribution < 1.29 is 14.3 Å². The van der Waals surface area contributed by atoms with Gasteiger partial charge in [0.1, 0.15) is 0 Å². The lowest BCUT2D eigenvalue weighted by molar-refractivity contribution is -0.121. The summed E-state index contributed by atoms with van der Waals surface area (Å²) in [6, 6.07) is 6.41. The highest BCUT2D eigenvalue weighted by Gasteiger charge is 2.21. The van der Waals surface area contributed by atoms with E-state index in [0.717, 1.165) is 30.0 Å². The highest BCUT2D eigenvalue weighted by Crippen LogP contribution is 2.32. The number of hydrogen-bond acceptors (Lipinski definition) is 5. The van der Waals surface area contributed by atoms with Gasteiger partial charge in [0.05, 0.1) is 14.2 Å². The van der Waals surface area contributed by atoms with Gasteiger partial charge in [-0.1, -0.05) is 0 Å². The Hall–Kier alpha value is -1.40. The maximum Gasteiger partial charge on any atom is 0.221 e. The van der Waals surface area contributed by atoms with E-state index in [-0.39, 0.29) is 11.9 Å². The Kier molecular flexibility index (Phi) is 7.05. The van der Waals surface area contributed by atoms with Crippen LogP contribution in [0.4, 0.5) is 0 Å². The number of thioether (sulfide) groups is 1. The summed E-state index contributed by atoms with van der Waals surface area (Å²) in [7, 11) is 3.25. The van der Waals surface area contributed by atoms with Gasteiger partial charge in [-0.25, -0.2) is 0 Å². The van der Waals surface area contributed by atoms with Crippen LogP contribution >= 0.6 is 11.8 Å². The van der Waals surface area contributed by atoms with Crippen molar-refractivity contribution >= 4 is 17.7 Å². The Balaban J connectivity index is 1.77. The molecule has 1 amide bonds. The molecule has 1 saturated heterocycles. The molecule has 23 heavy (non-hydrogen) atoms. The van der Waals surface area contributed by atoms with Crippen LogP contribution in [0.5, 0.6) is 11.5 Å². The summed E-state index contributed by atoms with van der Waals surface area (Å²) >= 11 is 1.65. The average Bonchev–Trinajstić information content (AvgIpc) is 2.56. The molecule has 1 aromatic rings. The number of hydrogen-bond donors (Lipinski definition) is 2. The van der Waals surface area contributed by atoms with Crippen LogP contribution in [0.2, 0.25) is 0 Å². The van der Waals surface area contributed by atoms with Gasteiger partial charge >= 0.3 is 0 Å². The molecule has 0 aromatic heterocycles. The molecule has 1 heterocycles. The third kappa shape index (κ3) is 5.32. The van der Waals surface area contributed by atoms with E-state index in [1.807, 2.05) is 18.2 Å². The monoisotopic (exact) mass is 338 g/mol. The van der Waals surface area contributed by atoms with Gasteiger partial charge in [-0.2, -0.15) is 0 Å². The fourth-order valence-electron chi connectivity index (χ4n) is 2.69. The van der Waals surface area contributed by atoms with E-state index in [1.165, 1.54) is 0 Å². The highest BCUT2D eigenvalue weighted by molar-refractivity contribution is 7.99. The van der Waals surface area contributed by atoms with Gasteiger partial charge in [0.15, 0.2) is 11.5 Å². The lowest BCUT2D eigenvalue weighted by atomic mass is 10.00. The largest absolute Gasteiger partial charge is 0.493 e. The molecule has 2 atom stereocenters. The van der Waals surface area contributed by atoms with Gasteiger partial charge in [0.2, 0.25) is 5.91 Å². The molecule has 5 nitrogen and oxygen atoms in total. The van der Waals surface area contributed by atoms with Crippen LogP contribution < -0.4 is 20.1 Å². The number of rotatable bonds is 7. The summed E-state index contributed by atoms with van der Waals surface area (Å²) in [5.74, 6) is 2.30. The van der Waals surface area contributed by atoms with Crippen LogP contribution in [0.15, 0.2) is 23.1 Å². The molecule has 1 fully saturated rings. The maximum atomic E-state index is 12.1. The van der Waals surface area contributed by atoms with Gasteiger partial charge in [0, 0.05) is 29.2 Å². The Bertz CT molecular complexity index is 525. The van der Waals surface area contributed by atoms with E-state index in [9.17, 15) is 4.79 Å². The second kappa shape index (κ2) is 9.03. The van der Waals surface area contributed by atoms with Crippen LogP contribution in [0.25, 0.3) is 0 Å². The number of carbonyl (C=O) groups excluding carboxylic acids is 1. The Labute approximate surface area is 142 Å². The molecule has 0 spiro atoms. The number of nitrogens with one attached hydrogen (secondary N) is 2. The number of methoxy groups -OCH3 is 2. The minimum absolute atomic E-state index is 0.124. The Morgan fingerprint density at radius 3 is 2.83 bits per heavy atom. The SMILES string of the molecule is COc1ccc(SCCC(=O)NC2CCCNC2C)cc1OC. The Morgan fingerprint density at radius 1 is 1.35 bits per heavy atom. The minimum Gasteiger partial charge on any atom is -0.493 e. The van der Waals surface area contributed by atoms with Crippen molar-refractivity contribution in [2.75, 3.05) is 26.5 Å². The smallest absolute Gasteiger partial charge is 0.221 e. The summed E-state index contributed by atoms with van der Waals surface area (Å²) in [5.41, 5.74) is 0. The van der Waals surface area contributed by atoms with E-state index in [1.54, 1.807) is 26.0 Å². The first-order chi connectivity index (χ1) is 11.1. The zero-order valence-electron chi connectivity index (χ0n) is 14.1. The fourth-order valence-corrected chi connectivity index (χ4v) is 3.57. The first kappa shape index (κ1) is 17.9. The molecule has 1 aliphatic heterocycles. The van der Waals surface area contributed by atoms with Crippen molar-refractivity contribution in [1.29, 1.82) is 0 Å². The summed E-state index contributed by atoms with van der Waals surface area (Å²) in [5, 5.41) is 6.53. The van der Waals surface area contributed by atoms with Gasteiger partial charge in [0.25, 0.3) is 0 Å². The number of benzene rings is 1. The van der Waals surface area contributed by atoms with Crippen molar-refractivity contribution in [1.82, 2.24) is 10.6 Å². The molecule has 1 aliphatic rings. The van der Waals surface area contributed by atoms with Crippen molar-refractivity contribution in [2.24, 2.45) is 0 Å². The van der Waals surface area contributed by atoms with Crippen LogP contribution in [0, 0.1) is 0 Å².